The van der Waals surface area contributed by atoms with E-state index in [9.17, 15) is 4.39 Å². The lowest BCUT2D eigenvalue weighted by Gasteiger charge is -2.22. The predicted octanol–water partition coefficient (Wildman–Crippen LogP) is 3.60. The van der Waals surface area contributed by atoms with Crippen LogP contribution < -0.4 is 10.5 Å². The molecule has 0 radical (unpaired) electrons. The lowest BCUT2D eigenvalue weighted by atomic mass is 9.86. The molecule has 0 unspecified atom stereocenters. The van der Waals surface area contributed by atoms with Gasteiger partial charge in [-0.1, -0.05) is 32.9 Å². The Balaban J connectivity index is 2.47. The summed E-state index contributed by atoms with van der Waals surface area (Å²) < 4.78 is 19.3. The van der Waals surface area contributed by atoms with Gasteiger partial charge in [0, 0.05) is 5.56 Å². The molecule has 0 spiro atoms. The number of hydrogen-bond donors (Lipinski definition) is 1. The first-order valence-electron chi connectivity index (χ1n) is 6.34. The molecule has 2 rings (SSSR count). The second-order valence-corrected chi connectivity index (χ2v) is 5.73. The number of benzene rings is 1. The van der Waals surface area contributed by atoms with Gasteiger partial charge in [-0.25, -0.2) is 4.98 Å². The molecule has 2 N–H and O–H groups in total. The number of nitrogens with zero attached hydrogens (tertiary/aromatic N) is 2. The fourth-order valence-corrected chi connectivity index (χ4v) is 1.87. The van der Waals surface area contributed by atoms with Crippen molar-refractivity contribution in [2.24, 2.45) is 0 Å². The highest BCUT2D eigenvalue weighted by Crippen LogP contribution is 2.35. The summed E-state index contributed by atoms with van der Waals surface area (Å²) in [6.45, 7) is 8.14. The standard InChI is InChI=1S/C15H18FN3O/c1-9-5-6-10(15(2,3)4)12(7-9)20-13-11(16)8-18-14(17)19-13/h5-8H,1-4H3,(H2,17,18,19). The monoisotopic (exact) mass is 275 g/mol. The van der Waals surface area contributed by atoms with Gasteiger partial charge in [-0.3, -0.25) is 0 Å². The fraction of sp³-hybridized carbons (Fsp3) is 0.333. The van der Waals surface area contributed by atoms with Crippen molar-refractivity contribution >= 4 is 5.95 Å². The molecule has 0 saturated heterocycles. The largest absolute Gasteiger partial charge is 0.436 e. The number of nitrogens with two attached hydrogens (primary N) is 1. The summed E-state index contributed by atoms with van der Waals surface area (Å²) in [7, 11) is 0. The summed E-state index contributed by atoms with van der Waals surface area (Å²) in [5.41, 5.74) is 7.33. The average Bonchev–Trinajstić information content (AvgIpc) is 2.32. The number of aromatic nitrogens is 2. The van der Waals surface area contributed by atoms with Crippen LogP contribution in [0.5, 0.6) is 11.6 Å². The highest BCUT2D eigenvalue weighted by atomic mass is 19.1. The number of hydrogen-bond acceptors (Lipinski definition) is 4. The highest BCUT2D eigenvalue weighted by Gasteiger charge is 2.20. The average molecular weight is 275 g/mol. The van der Waals surface area contributed by atoms with E-state index in [2.05, 4.69) is 30.7 Å². The van der Waals surface area contributed by atoms with Crippen LogP contribution in [0.2, 0.25) is 0 Å². The molecular formula is C15H18FN3O. The second-order valence-electron chi connectivity index (χ2n) is 5.73. The molecular weight excluding hydrogens is 257 g/mol. The number of ether oxygens (including phenoxy) is 1. The van der Waals surface area contributed by atoms with E-state index in [1.54, 1.807) is 0 Å². The minimum atomic E-state index is -0.638. The Labute approximate surface area is 117 Å². The lowest BCUT2D eigenvalue weighted by molar-refractivity contribution is 0.406. The van der Waals surface area contributed by atoms with E-state index in [0.29, 0.717) is 5.75 Å². The van der Waals surface area contributed by atoms with Gasteiger partial charge in [-0.05, 0) is 24.0 Å². The SMILES string of the molecule is Cc1ccc(C(C)(C)C)c(Oc2nc(N)ncc2F)c1. The number of aryl methyl sites for hydroxylation is 1. The summed E-state index contributed by atoms with van der Waals surface area (Å²) in [4.78, 5) is 7.37. The third-order valence-electron chi connectivity index (χ3n) is 2.88. The van der Waals surface area contributed by atoms with Crippen molar-refractivity contribution in [2.75, 3.05) is 5.73 Å². The molecule has 0 atom stereocenters. The fourth-order valence-electron chi connectivity index (χ4n) is 1.87. The first-order valence-corrected chi connectivity index (χ1v) is 6.34. The second kappa shape index (κ2) is 5.07. The molecule has 1 aromatic heterocycles. The normalized spacial score (nSPS) is 11.4. The maximum absolute atomic E-state index is 13.7. The Kier molecular flexibility index (Phi) is 3.61. The third kappa shape index (κ3) is 3.04. The summed E-state index contributed by atoms with van der Waals surface area (Å²) in [5.74, 6) is -0.241. The van der Waals surface area contributed by atoms with Crippen molar-refractivity contribution in [1.82, 2.24) is 9.97 Å². The van der Waals surface area contributed by atoms with Gasteiger partial charge in [0.15, 0.2) is 0 Å². The molecule has 4 nitrogen and oxygen atoms in total. The summed E-state index contributed by atoms with van der Waals surface area (Å²) in [6.07, 6.45) is 1.00. The van der Waals surface area contributed by atoms with Crippen molar-refractivity contribution in [3.63, 3.8) is 0 Å². The predicted molar refractivity (Wildman–Crippen MR) is 76.4 cm³/mol. The molecule has 2 aromatic rings. The summed E-state index contributed by atoms with van der Waals surface area (Å²) in [6, 6.07) is 5.84. The van der Waals surface area contributed by atoms with E-state index in [1.807, 2.05) is 25.1 Å². The zero-order valence-corrected chi connectivity index (χ0v) is 12.1. The molecule has 0 saturated carbocycles. The van der Waals surface area contributed by atoms with Crippen molar-refractivity contribution in [3.05, 3.63) is 41.3 Å². The van der Waals surface area contributed by atoms with E-state index in [0.717, 1.165) is 17.3 Å². The maximum atomic E-state index is 13.7. The Bertz CT molecular complexity index is 636. The summed E-state index contributed by atoms with van der Waals surface area (Å²) >= 11 is 0. The van der Waals surface area contributed by atoms with E-state index >= 15 is 0 Å². The van der Waals surface area contributed by atoms with Gasteiger partial charge in [0.25, 0.3) is 5.88 Å². The van der Waals surface area contributed by atoms with Gasteiger partial charge in [-0.15, -0.1) is 0 Å². The van der Waals surface area contributed by atoms with Gasteiger partial charge < -0.3 is 10.5 Å². The highest BCUT2D eigenvalue weighted by molar-refractivity contribution is 5.43. The zero-order valence-electron chi connectivity index (χ0n) is 12.1. The molecule has 1 heterocycles. The first kappa shape index (κ1) is 14.2. The van der Waals surface area contributed by atoms with Gasteiger partial charge in [0.2, 0.25) is 11.8 Å². The van der Waals surface area contributed by atoms with Crippen LogP contribution in [-0.2, 0) is 5.41 Å². The molecule has 106 valence electrons. The Morgan fingerprint density at radius 3 is 2.60 bits per heavy atom. The van der Waals surface area contributed by atoms with Gasteiger partial charge in [-0.2, -0.15) is 9.37 Å². The summed E-state index contributed by atoms with van der Waals surface area (Å²) in [5, 5.41) is 0. The molecule has 0 amide bonds. The van der Waals surface area contributed by atoms with Crippen LogP contribution in [0.25, 0.3) is 0 Å². The minimum absolute atomic E-state index is 0.0219. The molecule has 0 aliphatic rings. The number of rotatable bonds is 2. The third-order valence-corrected chi connectivity index (χ3v) is 2.88. The van der Waals surface area contributed by atoms with E-state index in [4.69, 9.17) is 10.5 Å². The topological polar surface area (TPSA) is 61.0 Å². The Morgan fingerprint density at radius 2 is 1.95 bits per heavy atom. The van der Waals surface area contributed by atoms with Gasteiger partial charge in [0.05, 0.1) is 6.20 Å². The van der Waals surface area contributed by atoms with E-state index in [1.165, 1.54) is 0 Å². The quantitative estimate of drug-likeness (QED) is 0.909. The molecule has 5 heteroatoms. The van der Waals surface area contributed by atoms with Crippen molar-refractivity contribution in [2.45, 2.75) is 33.1 Å². The van der Waals surface area contributed by atoms with Crippen LogP contribution in [0.1, 0.15) is 31.9 Å². The van der Waals surface area contributed by atoms with Gasteiger partial charge in [0.1, 0.15) is 5.75 Å². The van der Waals surface area contributed by atoms with Gasteiger partial charge >= 0.3 is 0 Å². The van der Waals surface area contributed by atoms with Crippen molar-refractivity contribution in [3.8, 4) is 11.6 Å². The first-order chi connectivity index (χ1) is 9.27. The molecule has 0 aliphatic carbocycles. The molecule has 0 aliphatic heterocycles. The van der Waals surface area contributed by atoms with Crippen LogP contribution in [-0.4, -0.2) is 9.97 Å². The van der Waals surface area contributed by atoms with Crippen molar-refractivity contribution in [1.29, 1.82) is 0 Å². The molecule has 1 aromatic carbocycles. The molecule has 0 fully saturated rings. The molecule has 0 bridgehead atoms. The minimum Gasteiger partial charge on any atom is -0.436 e. The Morgan fingerprint density at radius 1 is 1.25 bits per heavy atom. The lowest BCUT2D eigenvalue weighted by Crippen LogP contribution is -2.13. The van der Waals surface area contributed by atoms with Crippen LogP contribution >= 0.6 is 0 Å². The van der Waals surface area contributed by atoms with Crippen LogP contribution in [0, 0.1) is 12.7 Å². The van der Waals surface area contributed by atoms with Crippen molar-refractivity contribution < 1.29 is 9.13 Å². The number of nitrogen functional groups attached to an aromatic ring is 1. The Hall–Kier alpha value is -2.17. The smallest absolute Gasteiger partial charge is 0.260 e. The molecule has 20 heavy (non-hydrogen) atoms. The van der Waals surface area contributed by atoms with E-state index in [-0.39, 0.29) is 17.2 Å². The van der Waals surface area contributed by atoms with Crippen LogP contribution in [0.15, 0.2) is 24.4 Å². The van der Waals surface area contributed by atoms with Crippen LogP contribution in [0.3, 0.4) is 0 Å². The maximum Gasteiger partial charge on any atom is 0.260 e. The van der Waals surface area contributed by atoms with Crippen LogP contribution in [0.4, 0.5) is 10.3 Å². The van der Waals surface area contributed by atoms with E-state index < -0.39 is 5.82 Å². The number of halogens is 1. The zero-order chi connectivity index (χ0) is 14.9. The number of anilines is 1.